The van der Waals surface area contributed by atoms with Crippen molar-refractivity contribution in [2.45, 2.75) is 52.1 Å². The molecular formula is C22H37N5O2. The molecule has 3 N–H and O–H groups in total. The predicted octanol–water partition coefficient (Wildman–Crippen LogP) is 2.13. The molecule has 162 valence electrons. The summed E-state index contributed by atoms with van der Waals surface area (Å²) in [7, 11) is 1.64. The van der Waals surface area contributed by atoms with E-state index in [1.165, 1.54) is 32.2 Å². The SMILES string of the molecule is CCNC(=NCC(=O)NCc1ccc(OC)cc1)NCCN1CCCCC1CC. The number of likely N-dealkylation sites (tertiary alicyclic amines) is 1. The Labute approximate surface area is 175 Å². The van der Waals surface area contributed by atoms with Crippen LogP contribution in [0.1, 0.15) is 45.1 Å². The summed E-state index contributed by atoms with van der Waals surface area (Å²) in [6.07, 6.45) is 5.15. The van der Waals surface area contributed by atoms with Crippen LogP contribution in [0.3, 0.4) is 0 Å². The summed E-state index contributed by atoms with van der Waals surface area (Å²) in [6, 6.07) is 8.36. The number of methoxy groups -OCH3 is 1. The van der Waals surface area contributed by atoms with E-state index in [0.29, 0.717) is 18.5 Å². The van der Waals surface area contributed by atoms with Crippen LogP contribution in [0.4, 0.5) is 0 Å². The lowest BCUT2D eigenvalue weighted by Gasteiger charge is -2.35. The van der Waals surface area contributed by atoms with Gasteiger partial charge in [0, 0.05) is 32.2 Å². The van der Waals surface area contributed by atoms with Gasteiger partial charge in [-0.2, -0.15) is 0 Å². The highest BCUT2D eigenvalue weighted by Crippen LogP contribution is 2.18. The Hall–Kier alpha value is -2.28. The van der Waals surface area contributed by atoms with Crippen molar-refractivity contribution in [1.29, 1.82) is 0 Å². The highest BCUT2D eigenvalue weighted by Gasteiger charge is 2.19. The van der Waals surface area contributed by atoms with Crippen LogP contribution in [0.5, 0.6) is 5.75 Å². The van der Waals surface area contributed by atoms with Gasteiger partial charge in [0.2, 0.25) is 5.91 Å². The molecule has 1 atom stereocenters. The lowest BCUT2D eigenvalue weighted by molar-refractivity contribution is -0.119. The molecule has 1 unspecified atom stereocenters. The van der Waals surface area contributed by atoms with Gasteiger partial charge in [-0.25, -0.2) is 4.99 Å². The number of carbonyl (C=O) groups is 1. The van der Waals surface area contributed by atoms with Gasteiger partial charge in [-0.1, -0.05) is 25.5 Å². The van der Waals surface area contributed by atoms with Gasteiger partial charge in [0.1, 0.15) is 12.3 Å². The maximum Gasteiger partial charge on any atom is 0.242 e. The average molecular weight is 404 g/mol. The Morgan fingerprint density at radius 1 is 1.17 bits per heavy atom. The van der Waals surface area contributed by atoms with Crippen LogP contribution >= 0.6 is 0 Å². The highest BCUT2D eigenvalue weighted by molar-refractivity contribution is 5.84. The van der Waals surface area contributed by atoms with Gasteiger partial charge in [0.15, 0.2) is 5.96 Å². The van der Waals surface area contributed by atoms with E-state index in [4.69, 9.17) is 4.74 Å². The first-order chi connectivity index (χ1) is 14.2. The molecule has 1 heterocycles. The number of nitrogens with zero attached hydrogens (tertiary/aromatic N) is 2. The second-order valence-electron chi connectivity index (χ2n) is 7.34. The first-order valence-corrected chi connectivity index (χ1v) is 10.8. The third-order valence-electron chi connectivity index (χ3n) is 5.29. The molecule has 1 aromatic rings. The zero-order chi connectivity index (χ0) is 20.9. The van der Waals surface area contributed by atoms with Gasteiger partial charge in [0.25, 0.3) is 0 Å². The number of piperidine rings is 1. The molecule has 1 aliphatic heterocycles. The molecule has 1 fully saturated rings. The highest BCUT2D eigenvalue weighted by atomic mass is 16.5. The molecule has 0 aromatic heterocycles. The standard InChI is InChI=1S/C22H37N5O2/c1-4-19-8-6-7-14-27(19)15-13-24-22(23-5-2)26-17-21(28)25-16-18-9-11-20(29-3)12-10-18/h9-12,19H,4-8,13-17H2,1-3H3,(H,25,28)(H2,23,24,26). The first-order valence-electron chi connectivity index (χ1n) is 10.8. The molecule has 0 spiro atoms. The van der Waals surface area contributed by atoms with Gasteiger partial charge in [-0.3, -0.25) is 9.69 Å². The van der Waals surface area contributed by atoms with Crippen LogP contribution in [0.2, 0.25) is 0 Å². The smallest absolute Gasteiger partial charge is 0.242 e. The average Bonchev–Trinajstić information content (AvgIpc) is 2.76. The summed E-state index contributed by atoms with van der Waals surface area (Å²) in [5.74, 6) is 1.40. The molecule has 0 aliphatic carbocycles. The normalized spacial score (nSPS) is 17.6. The van der Waals surface area contributed by atoms with Crippen LogP contribution in [0, 0.1) is 0 Å². The van der Waals surface area contributed by atoms with Crippen LogP contribution in [-0.4, -0.2) is 62.6 Å². The van der Waals surface area contributed by atoms with Crippen LogP contribution in [0.25, 0.3) is 0 Å². The number of hydrogen-bond donors (Lipinski definition) is 3. The van der Waals surface area contributed by atoms with Crippen LogP contribution in [-0.2, 0) is 11.3 Å². The molecule has 1 aliphatic rings. The summed E-state index contributed by atoms with van der Waals surface area (Å²) < 4.78 is 5.14. The second kappa shape index (κ2) is 13.0. The third kappa shape index (κ3) is 8.31. The Bertz CT molecular complexity index is 633. The van der Waals surface area contributed by atoms with Gasteiger partial charge in [-0.15, -0.1) is 0 Å². The molecule has 7 heteroatoms. The van der Waals surface area contributed by atoms with Crippen molar-refractivity contribution in [3.63, 3.8) is 0 Å². The van der Waals surface area contributed by atoms with E-state index in [2.05, 4.69) is 32.8 Å². The van der Waals surface area contributed by atoms with Gasteiger partial charge in [0.05, 0.1) is 7.11 Å². The molecule has 1 saturated heterocycles. The molecule has 0 saturated carbocycles. The first kappa shape index (κ1) is 23.0. The summed E-state index contributed by atoms with van der Waals surface area (Å²) >= 11 is 0. The molecule has 1 amide bonds. The minimum atomic E-state index is -0.0971. The fraction of sp³-hybridized carbons (Fsp3) is 0.636. The number of benzene rings is 1. The van der Waals surface area contributed by atoms with Crippen molar-refractivity contribution < 1.29 is 9.53 Å². The molecular weight excluding hydrogens is 366 g/mol. The number of guanidine groups is 1. The zero-order valence-corrected chi connectivity index (χ0v) is 18.2. The lowest BCUT2D eigenvalue weighted by atomic mass is 10.0. The van der Waals surface area contributed by atoms with E-state index in [1.54, 1.807) is 7.11 Å². The van der Waals surface area contributed by atoms with Crippen LogP contribution < -0.4 is 20.7 Å². The Morgan fingerprint density at radius 3 is 2.66 bits per heavy atom. The Balaban J connectivity index is 1.74. The number of ether oxygens (including phenoxy) is 1. The van der Waals surface area contributed by atoms with E-state index in [9.17, 15) is 4.79 Å². The lowest BCUT2D eigenvalue weighted by Crippen LogP contribution is -2.46. The van der Waals surface area contributed by atoms with Crippen molar-refractivity contribution in [3.8, 4) is 5.75 Å². The predicted molar refractivity (Wildman–Crippen MR) is 118 cm³/mol. The van der Waals surface area contributed by atoms with Crippen LogP contribution in [0.15, 0.2) is 29.3 Å². The van der Waals surface area contributed by atoms with Crippen molar-refractivity contribution in [2.75, 3.05) is 39.8 Å². The van der Waals surface area contributed by atoms with Crippen molar-refractivity contribution >= 4 is 11.9 Å². The summed E-state index contributed by atoms with van der Waals surface area (Å²) in [5.41, 5.74) is 1.03. The van der Waals surface area contributed by atoms with Gasteiger partial charge >= 0.3 is 0 Å². The van der Waals surface area contributed by atoms with E-state index in [0.717, 1.165) is 30.9 Å². The maximum absolute atomic E-state index is 12.1. The fourth-order valence-electron chi connectivity index (χ4n) is 3.63. The summed E-state index contributed by atoms with van der Waals surface area (Å²) in [4.78, 5) is 19.1. The third-order valence-corrected chi connectivity index (χ3v) is 5.29. The molecule has 1 aromatic carbocycles. The van der Waals surface area contributed by atoms with E-state index in [1.807, 2.05) is 31.2 Å². The number of hydrogen-bond acceptors (Lipinski definition) is 4. The number of aliphatic imine (C=N–C) groups is 1. The molecule has 2 rings (SSSR count). The minimum absolute atomic E-state index is 0.0971. The van der Waals surface area contributed by atoms with E-state index < -0.39 is 0 Å². The maximum atomic E-state index is 12.1. The van der Waals surface area contributed by atoms with Crippen molar-refractivity contribution in [3.05, 3.63) is 29.8 Å². The van der Waals surface area contributed by atoms with Gasteiger partial charge < -0.3 is 20.7 Å². The number of amides is 1. The Kier molecular flexibility index (Phi) is 10.3. The number of nitrogens with one attached hydrogen (secondary N) is 3. The van der Waals surface area contributed by atoms with Gasteiger partial charge in [-0.05, 0) is 50.4 Å². The molecule has 0 radical (unpaired) electrons. The summed E-state index contributed by atoms with van der Waals surface area (Å²) in [6.45, 7) is 8.66. The zero-order valence-electron chi connectivity index (χ0n) is 18.2. The minimum Gasteiger partial charge on any atom is -0.497 e. The number of carbonyl (C=O) groups excluding carboxylic acids is 1. The van der Waals surface area contributed by atoms with E-state index in [-0.39, 0.29) is 12.5 Å². The molecule has 0 bridgehead atoms. The fourth-order valence-corrected chi connectivity index (χ4v) is 3.63. The largest absolute Gasteiger partial charge is 0.497 e. The summed E-state index contributed by atoms with van der Waals surface area (Å²) in [5, 5.41) is 9.48. The molecule has 29 heavy (non-hydrogen) atoms. The second-order valence-corrected chi connectivity index (χ2v) is 7.34. The number of rotatable bonds is 10. The Morgan fingerprint density at radius 2 is 1.97 bits per heavy atom. The van der Waals surface area contributed by atoms with Crippen molar-refractivity contribution in [1.82, 2.24) is 20.9 Å². The molecule has 7 nitrogen and oxygen atoms in total. The van der Waals surface area contributed by atoms with Crippen molar-refractivity contribution in [2.24, 2.45) is 4.99 Å². The topological polar surface area (TPSA) is 78.0 Å². The quantitative estimate of drug-likeness (QED) is 0.412. The monoisotopic (exact) mass is 403 g/mol. The van der Waals surface area contributed by atoms with E-state index >= 15 is 0 Å².